The second-order valence-corrected chi connectivity index (χ2v) is 14.9. The van der Waals surface area contributed by atoms with Crippen LogP contribution in [0.3, 0.4) is 0 Å². The molecule has 6 atom stereocenters. The van der Waals surface area contributed by atoms with Gasteiger partial charge in [-0.2, -0.15) is 0 Å². The van der Waals surface area contributed by atoms with E-state index in [0.29, 0.717) is 18.6 Å². The summed E-state index contributed by atoms with van der Waals surface area (Å²) in [5, 5.41) is 0. The Morgan fingerprint density at radius 3 is 0.885 bits per heavy atom. The summed E-state index contributed by atoms with van der Waals surface area (Å²) in [7, 11) is 10.1. The number of methoxy groups -OCH3 is 7. The van der Waals surface area contributed by atoms with Crippen LogP contribution in [0.25, 0.3) is 0 Å². The zero-order chi connectivity index (χ0) is 56.8. The summed E-state index contributed by atoms with van der Waals surface area (Å²) in [4.78, 5) is 130. The van der Waals surface area contributed by atoms with Crippen molar-refractivity contribution in [3.05, 3.63) is 0 Å². The van der Waals surface area contributed by atoms with Gasteiger partial charge in [-0.05, 0) is 62.3 Å². The lowest BCUT2D eigenvalue weighted by atomic mass is 10.1. The highest BCUT2D eigenvalue weighted by Crippen LogP contribution is 2.25. The number of esters is 5. The number of Topliss-reactive ketones (excluding diaryl/α,β-unsaturated/α-hetero) is 7. The van der Waals surface area contributed by atoms with Gasteiger partial charge in [-0.3, -0.25) is 43.2 Å². The van der Waals surface area contributed by atoms with Crippen molar-refractivity contribution in [1.82, 2.24) is 0 Å². The fourth-order valence-corrected chi connectivity index (χ4v) is 3.67. The topological polar surface area (TPSA) is 341 Å². The van der Waals surface area contributed by atoms with Gasteiger partial charge in [-0.1, -0.05) is 178 Å². The molecule has 610 valence electrons. The van der Waals surface area contributed by atoms with Crippen LogP contribution in [0.4, 0.5) is 0 Å². The summed E-state index contributed by atoms with van der Waals surface area (Å²) in [6, 6.07) is 0. The van der Waals surface area contributed by atoms with Crippen LogP contribution in [0.15, 0.2) is 0 Å². The Labute approximate surface area is 598 Å². The smallest absolute Gasteiger partial charge is 0.347 e. The van der Waals surface area contributed by atoms with Crippen molar-refractivity contribution in [2.24, 2.45) is 0 Å². The number of carbonyl (C=O) groups is 12. The molecule has 2 fully saturated rings. The van der Waals surface area contributed by atoms with Crippen molar-refractivity contribution in [2.45, 2.75) is 303 Å². The van der Waals surface area contributed by atoms with Crippen molar-refractivity contribution >= 4 is 70.3 Å². The Balaban J connectivity index is -0.0000000213. The van der Waals surface area contributed by atoms with E-state index in [0.717, 1.165) is 13.2 Å². The fraction of sp³-hybridized carbons (Fsp3) is 0.829. The third-order valence-electron chi connectivity index (χ3n) is 7.46. The van der Waals surface area contributed by atoms with Crippen LogP contribution < -0.4 is 0 Å². The second-order valence-electron chi connectivity index (χ2n) is 14.9. The van der Waals surface area contributed by atoms with Gasteiger partial charge in [-0.15, -0.1) is 0 Å². The number of ketones is 7. The molecule has 0 radical (unpaired) electrons. The molecule has 2 rings (SSSR count). The lowest BCUT2D eigenvalue weighted by molar-refractivity contribution is -0.174. The second kappa shape index (κ2) is 126. The highest BCUT2D eigenvalue weighted by Gasteiger charge is 2.41. The summed E-state index contributed by atoms with van der Waals surface area (Å²) in [6.07, 6.45) is -2.44. The van der Waals surface area contributed by atoms with Gasteiger partial charge < -0.3 is 66.3 Å². The zero-order valence-electron chi connectivity index (χ0n) is 44.6. The predicted molar refractivity (Wildman–Crippen MR) is 409 cm³/mol. The quantitative estimate of drug-likeness (QED) is 0.0175. The predicted octanol–water partition coefficient (Wildman–Crippen LogP) is 16.3. The van der Waals surface area contributed by atoms with E-state index in [-0.39, 0.29) is 259 Å². The molecule has 2 aliphatic heterocycles. The number of hydrogen-bond donors (Lipinski definition) is 0. The normalized spacial score (nSPS) is 11.0. The molecular weight excluding hydrogens is 1260 g/mol. The molecule has 0 bridgehead atoms. The maximum Gasteiger partial charge on any atom is 0.347 e. The Morgan fingerprint density at radius 2 is 0.667 bits per heavy atom. The van der Waals surface area contributed by atoms with E-state index in [1.54, 1.807) is 21.0 Å². The van der Waals surface area contributed by atoms with E-state index in [1.807, 2.05) is 6.92 Å². The van der Waals surface area contributed by atoms with E-state index in [1.165, 1.54) is 84.2 Å². The highest BCUT2D eigenvalue weighted by atomic mass is 16.7. The van der Waals surface area contributed by atoms with Gasteiger partial charge in [-0.25, -0.2) is 14.4 Å². The molecule has 0 spiro atoms. The van der Waals surface area contributed by atoms with Crippen LogP contribution in [0.2, 0.25) is 0 Å². The molecule has 2 aliphatic rings. The largest absolute Gasteiger partial charge is 0.459 e. The number of carbonyl (C=O) groups excluding carboxylic acids is 12. The van der Waals surface area contributed by atoms with E-state index in [2.05, 4.69) is 42.6 Å². The van der Waals surface area contributed by atoms with E-state index < -0.39 is 73.1 Å². The van der Waals surface area contributed by atoms with Gasteiger partial charge in [0.25, 0.3) is 0 Å². The van der Waals surface area contributed by atoms with E-state index in [9.17, 15) is 57.5 Å². The number of ether oxygens (including phenoxy) is 14. The molecular formula is C70H174O26. The van der Waals surface area contributed by atoms with Crippen molar-refractivity contribution in [3.8, 4) is 0 Å². The first kappa shape index (κ1) is 192. The molecule has 26 heteroatoms. The molecule has 26 nitrogen and oxygen atoms in total. The number of rotatable bonds is 28. The van der Waals surface area contributed by atoms with Crippen LogP contribution in [0.5, 0.6) is 0 Å². The SMILES string of the molecule is C.C.C.C.C.C.C.C.C.C.C.C.C.C.C.C.C.C.C.C.C.C.C.C.C1OC1C1CO1.COC(C)C(C)=O.COC(C)CC(C)=O.COCC(C)=O.COCC(C)=O.COCOC(=O)CC(=O)C(=O)CC(C)OC(=O)C(C)OC(=O)COC(=O)COC.COCOC(=O)CC(C)=O. The van der Waals surface area contributed by atoms with Crippen LogP contribution in [0, 0.1) is 0 Å². The van der Waals surface area contributed by atoms with E-state index in [4.69, 9.17) is 23.7 Å². The first-order chi connectivity index (χ1) is 33.6. The van der Waals surface area contributed by atoms with Crippen LogP contribution in [-0.4, -0.2) is 210 Å². The first-order valence-corrected chi connectivity index (χ1v) is 21.8. The van der Waals surface area contributed by atoms with Gasteiger partial charge in [0.15, 0.2) is 43.6 Å². The summed E-state index contributed by atoms with van der Waals surface area (Å²) < 4.78 is 64.7. The highest BCUT2D eigenvalue weighted by molar-refractivity contribution is 6.40. The third kappa shape index (κ3) is 153. The molecule has 0 saturated carbocycles. The molecule has 0 aromatic carbocycles. The molecule has 2 heterocycles. The first-order valence-electron chi connectivity index (χ1n) is 21.8. The van der Waals surface area contributed by atoms with Gasteiger partial charge in [0.1, 0.15) is 68.6 Å². The lowest BCUT2D eigenvalue weighted by Crippen LogP contribution is -2.32. The van der Waals surface area contributed by atoms with E-state index >= 15 is 0 Å². The molecule has 0 amide bonds. The van der Waals surface area contributed by atoms with Gasteiger partial charge in [0.2, 0.25) is 11.6 Å². The summed E-state index contributed by atoms with van der Waals surface area (Å²) >= 11 is 0. The van der Waals surface area contributed by atoms with Crippen LogP contribution >= 0.6 is 0 Å². The van der Waals surface area contributed by atoms with Crippen molar-refractivity contribution in [2.75, 3.05) is 103 Å². The molecule has 0 aromatic heterocycles. The van der Waals surface area contributed by atoms with Crippen LogP contribution in [-0.2, 0) is 124 Å². The van der Waals surface area contributed by atoms with Gasteiger partial charge in [0.05, 0.1) is 25.7 Å². The van der Waals surface area contributed by atoms with Crippen molar-refractivity contribution in [1.29, 1.82) is 0 Å². The maximum atomic E-state index is 11.9. The zero-order valence-corrected chi connectivity index (χ0v) is 44.6. The van der Waals surface area contributed by atoms with Crippen molar-refractivity contribution in [3.63, 3.8) is 0 Å². The summed E-state index contributed by atoms with van der Waals surface area (Å²) in [6.45, 7) is 14.4. The van der Waals surface area contributed by atoms with Crippen molar-refractivity contribution < 1.29 is 124 Å². The maximum absolute atomic E-state index is 11.9. The molecule has 0 N–H and O–H groups in total. The van der Waals surface area contributed by atoms with Gasteiger partial charge >= 0.3 is 29.8 Å². The average Bonchev–Trinajstić information content (AvgIpc) is 4.22. The Kier molecular flexibility index (Phi) is 253. The molecule has 0 aromatic rings. The minimum Gasteiger partial charge on any atom is -0.459 e. The van der Waals surface area contributed by atoms with Crippen LogP contribution in [0.1, 0.15) is 266 Å². The minimum absolute atomic E-state index is 0. The Bertz CT molecular complexity index is 1590. The average molecular weight is 1430 g/mol. The van der Waals surface area contributed by atoms with Gasteiger partial charge in [0, 0.05) is 56.2 Å². The summed E-state index contributed by atoms with van der Waals surface area (Å²) in [5.41, 5.74) is 0. The fourth-order valence-electron chi connectivity index (χ4n) is 3.67. The molecule has 96 heavy (non-hydrogen) atoms. The number of hydrogen-bond acceptors (Lipinski definition) is 26. The minimum atomic E-state index is -1.35. The standard InChI is InChI=1S/C17H24O12.C6H10O4.C6H12O2.C5H10O2.C4H6O2.2C4H8O2.24CH4/c1-10(5-12(18)13(19)6-14(20)27-9-25-4)28-17(23)11(2)29-16(22)8-26-15(21)7-24-3;1-5(7)3-6(8)10-4-9-2;1-5(7)4-6(2)8-3;1-4(6)5(2)7-3;1-3(5-1)4-2-6-4;2*1-4(5)3-6-2;;;;;;;;;;;;;;;;;;;;;;;;/h10-11H,5-9H2,1-4H3;3-4H2,1-2H3;6H,4H2,1-3H3;5H,1-3H3;3-4H,1-2H2;2*3H2,1-2H3;24*1H4. The number of epoxide rings is 2. The molecule has 0 aliphatic carbocycles. The third-order valence-corrected chi connectivity index (χ3v) is 7.46. The lowest BCUT2D eigenvalue weighted by Gasteiger charge is -2.16. The molecule has 2 saturated heterocycles. The molecule has 6 unspecified atom stereocenters. The Morgan fingerprint density at radius 1 is 0.333 bits per heavy atom. The Hall–Kier alpha value is -5.32. The monoisotopic (exact) mass is 1430 g/mol. The summed E-state index contributed by atoms with van der Waals surface area (Å²) in [5.74, 6) is -6.00.